The number of rotatable bonds is 5. The average Bonchev–Trinajstić information content (AvgIpc) is 3.11. The minimum absolute atomic E-state index is 0.0658. The van der Waals surface area contributed by atoms with Crippen molar-refractivity contribution in [1.29, 1.82) is 0 Å². The topological polar surface area (TPSA) is 84.1 Å². The lowest BCUT2D eigenvalue weighted by Gasteiger charge is -2.07. The minimum atomic E-state index is -0.558. The third-order valence-electron chi connectivity index (χ3n) is 3.19. The first-order valence-electron chi connectivity index (χ1n) is 7.35. The van der Waals surface area contributed by atoms with Crippen LogP contribution in [0.1, 0.15) is 17.4 Å². The van der Waals surface area contributed by atoms with Gasteiger partial charge in [-0.1, -0.05) is 6.07 Å². The van der Waals surface area contributed by atoms with Gasteiger partial charge in [-0.15, -0.1) is 11.3 Å². The number of hydrogen-bond donors (Lipinski definition) is 2. The molecule has 0 saturated carbocycles. The van der Waals surface area contributed by atoms with Crippen molar-refractivity contribution in [3.8, 4) is 16.3 Å². The number of carbonyl (C=O) groups is 1. The van der Waals surface area contributed by atoms with E-state index in [9.17, 15) is 9.59 Å². The fourth-order valence-electron chi connectivity index (χ4n) is 2.13. The lowest BCUT2D eigenvalue weighted by Crippen LogP contribution is -2.20. The Labute approximate surface area is 142 Å². The second kappa shape index (κ2) is 7.10. The van der Waals surface area contributed by atoms with Gasteiger partial charge in [-0.25, -0.2) is 4.79 Å². The van der Waals surface area contributed by atoms with Gasteiger partial charge in [-0.3, -0.25) is 4.79 Å². The van der Waals surface area contributed by atoms with Gasteiger partial charge >= 0.3 is 5.69 Å². The molecule has 0 aliphatic carbocycles. The van der Waals surface area contributed by atoms with Gasteiger partial charge in [0, 0.05) is 5.69 Å². The van der Waals surface area contributed by atoms with Gasteiger partial charge in [0.25, 0.3) is 5.91 Å². The summed E-state index contributed by atoms with van der Waals surface area (Å²) in [5, 5.41) is 4.62. The Morgan fingerprint density at radius 2 is 2.08 bits per heavy atom. The highest BCUT2D eigenvalue weighted by molar-refractivity contribution is 7.13. The molecule has 1 amide bonds. The molecule has 0 aliphatic rings. The van der Waals surface area contributed by atoms with E-state index in [1.807, 2.05) is 24.4 Å². The molecule has 2 N–H and O–H groups in total. The SMILES string of the molecule is CCOc1ccc(NC(=O)c2cc(-c3cccs3)[nH]c(=O)n2)cc1. The van der Waals surface area contributed by atoms with Crippen molar-refractivity contribution in [3.63, 3.8) is 0 Å². The first-order chi connectivity index (χ1) is 11.7. The van der Waals surface area contributed by atoms with Crippen LogP contribution in [0.2, 0.25) is 0 Å². The van der Waals surface area contributed by atoms with E-state index < -0.39 is 11.6 Å². The molecule has 7 heteroatoms. The van der Waals surface area contributed by atoms with Crippen LogP contribution in [0.15, 0.2) is 52.6 Å². The number of ether oxygens (including phenoxy) is 1. The molecule has 0 saturated heterocycles. The lowest BCUT2D eigenvalue weighted by atomic mass is 10.2. The monoisotopic (exact) mass is 341 g/mol. The lowest BCUT2D eigenvalue weighted by molar-refractivity contribution is 0.102. The molecule has 0 unspecified atom stereocenters. The molecule has 3 rings (SSSR count). The first kappa shape index (κ1) is 15.9. The van der Waals surface area contributed by atoms with Crippen molar-refractivity contribution in [2.75, 3.05) is 11.9 Å². The van der Waals surface area contributed by atoms with Gasteiger partial charge in [0.2, 0.25) is 0 Å². The van der Waals surface area contributed by atoms with E-state index in [-0.39, 0.29) is 5.69 Å². The Morgan fingerprint density at radius 1 is 1.29 bits per heavy atom. The molecule has 0 bridgehead atoms. The second-order valence-electron chi connectivity index (χ2n) is 4.87. The zero-order valence-electron chi connectivity index (χ0n) is 12.9. The van der Waals surface area contributed by atoms with Crippen LogP contribution in [0.3, 0.4) is 0 Å². The summed E-state index contributed by atoms with van der Waals surface area (Å²) in [4.78, 5) is 31.3. The van der Waals surface area contributed by atoms with Crippen molar-refractivity contribution in [2.24, 2.45) is 0 Å². The van der Waals surface area contributed by atoms with Crippen molar-refractivity contribution >= 4 is 22.9 Å². The van der Waals surface area contributed by atoms with E-state index in [0.717, 1.165) is 10.6 Å². The fourth-order valence-corrected chi connectivity index (χ4v) is 2.83. The zero-order valence-corrected chi connectivity index (χ0v) is 13.7. The number of nitrogens with zero attached hydrogens (tertiary/aromatic N) is 1. The summed E-state index contributed by atoms with van der Waals surface area (Å²) >= 11 is 1.47. The zero-order chi connectivity index (χ0) is 16.9. The van der Waals surface area contributed by atoms with Crippen LogP contribution in [-0.2, 0) is 0 Å². The molecular formula is C17H15N3O3S. The van der Waals surface area contributed by atoms with Crippen LogP contribution in [-0.4, -0.2) is 22.5 Å². The summed E-state index contributed by atoms with van der Waals surface area (Å²) in [6.07, 6.45) is 0. The van der Waals surface area contributed by atoms with Gasteiger partial charge in [0.1, 0.15) is 11.4 Å². The Hall–Kier alpha value is -2.93. The van der Waals surface area contributed by atoms with E-state index in [0.29, 0.717) is 18.0 Å². The Kier molecular flexibility index (Phi) is 4.72. The predicted molar refractivity (Wildman–Crippen MR) is 93.7 cm³/mol. The Balaban J connectivity index is 1.81. The molecule has 1 aromatic carbocycles. The van der Waals surface area contributed by atoms with E-state index >= 15 is 0 Å². The maximum absolute atomic E-state index is 12.3. The Bertz CT molecular complexity index is 886. The maximum atomic E-state index is 12.3. The number of thiophene rings is 1. The quantitative estimate of drug-likeness (QED) is 0.747. The fraction of sp³-hybridized carbons (Fsp3) is 0.118. The van der Waals surface area contributed by atoms with Crippen LogP contribution < -0.4 is 15.7 Å². The molecule has 0 atom stereocenters. The highest BCUT2D eigenvalue weighted by atomic mass is 32.1. The average molecular weight is 341 g/mol. The number of carbonyl (C=O) groups excluding carboxylic acids is 1. The summed E-state index contributed by atoms with van der Waals surface area (Å²) < 4.78 is 5.35. The molecular weight excluding hydrogens is 326 g/mol. The third kappa shape index (κ3) is 3.69. The number of benzene rings is 1. The van der Waals surface area contributed by atoms with Crippen LogP contribution in [0.4, 0.5) is 5.69 Å². The van der Waals surface area contributed by atoms with Crippen molar-refractivity contribution < 1.29 is 9.53 Å². The number of anilines is 1. The van der Waals surface area contributed by atoms with Gasteiger partial charge in [-0.2, -0.15) is 4.98 Å². The highest BCUT2D eigenvalue weighted by Gasteiger charge is 2.12. The molecule has 0 radical (unpaired) electrons. The maximum Gasteiger partial charge on any atom is 0.346 e. The molecule has 122 valence electrons. The number of nitrogens with one attached hydrogen (secondary N) is 2. The third-order valence-corrected chi connectivity index (χ3v) is 4.09. The Morgan fingerprint density at radius 3 is 2.75 bits per heavy atom. The van der Waals surface area contributed by atoms with Crippen LogP contribution in [0.5, 0.6) is 5.75 Å². The number of hydrogen-bond acceptors (Lipinski definition) is 5. The summed E-state index contributed by atoms with van der Waals surface area (Å²) in [5.41, 5.74) is 0.679. The molecule has 0 spiro atoms. The largest absolute Gasteiger partial charge is 0.494 e. The standard InChI is InChI=1S/C17H15N3O3S/c1-2-23-12-7-5-11(6-8-12)18-16(21)14-10-13(19-17(22)20-14)15-4-3-9-24-15/h3-10H,2H2,1H3,(H,18,21)(H,19,20,22). The van der Waals surface area contributed by atoms with Crippen molar-refractivity contribution in [2.45, 2.75) is 6.92 Å². The smallest absolute Gasteiger partial charge is 0.346 e. The number of H-pyrrole nitrogens is 1. The molecule has 2 heterocycles. The molecule has 0 aliphatic heterocycles. The molecule has 0 fully saturated rings. The van der Waals surface area contributed by atoms with Crippen LogP contribution >= 0.6 is 11.3 Å². The van der Waals surface area contributed by atoms with Crippen LogP contribution in [0.25, 0.3) is 10.6 Å². The normalized spacial score (nSPS) is 10.4. The molecule has 3 aromatic rings. The second-order valence-corrected chi connectivity index (χ2v) is 5.82. The molecule has 6 nitrogen and oxygen atoms in total. The molecule has 24 heavy (non-hydrogen) atoms. The van der Waals surface area contributed by atoms with Gasteiger partial charge in [-0.05, 0) is 48.7 Å². The van der Waals surface area contributed by atoms with Crippen molar-refractivity contribution in [3.05, 3.63) is 64.0 Å². The molecule has 2 aromatic heterocycles. The number of aromatic amines is 1. The summed E-state index contributed by atoms with van der Waals surface area (Å²) in [7, 11) is 0. The van der Waals surface area contributed by atoms with E-state index in [1.54, 1.807) is 30.3 Å². The minimum Gasteiger partial charge on any atom is -0.494 e. The van der Waals surface area contributed by atoms with Crippen LogP contribution in [0, 0.1) is 0 Å². The van der Waals surface area contributed by atoms with E-state index in [2.05, 4.69) is 15.3 Å². The predicted octanol–water partition coefficient (Wildman–Crippen LogP) is 3.15. The van der Waals surface area contributed by atoms with Crippen molar-refractivity contribution in [1.82, 2.24) is 9.97 Å². The summed E-state index contributed by atoms with van der Waals surface area (Å²) in [6, 6.07) is 12.3. The van der Waals surface area contributed by atoms with Gasteiger partial charge in [0.15, 0.2) is 0 Å². The van der Waals surface area contributed by atoms with E-state index in [1.165, 1.54) is 11.3 Å². The summed E-state index contributed by atoms with van der Waals surface area (Å²) in [5.74, 6) is 0.285. The first-order valence-corrected chi connectivity index (χ1v) is 8.23. The number of aromatic nitrogens is 2. The van der Waals surface area contributed by atoms with Gasteiger partial charge in [0.05, 0.1) is 17.2 Å². The van der Waals surface area contributed by atoms with Gasteiger partial charge < -0.3 is 15.0 Å². The van der Waals surface area contributed by atoms with E-state index in [4.69, 9.17) is 4.74 Å². The summed E-state index contributed by atoms with van der Waals surface area (Å²) in [6.45, 7) is 2.48. The highest BCUT2D eigenvalue weighted by Crippen LogP contribution is 2.22. The number of amides is 1.